The van der Waals surface area contributed by atoms with Crippen molar-refractivity contribution in [1.29, 1.82) is 0 Å². The van der Waals surface area contributed by atoms with Crippen molar-refractivity contribution in [3.8, 4) is 0 Å². The number of aliphatic hydroxyl groups excluding tert-OH is 3. The molecule has 0 saturated carbocycles. The van der Waals surface area contributed by atoms with E-state index in [0.29, 0.717) is 0 Å². The predicted molar refractivity (Wildman–Crippen MR) is 114 cm³/mol. The summed E-state index contributed by atoms with van der Waals surface area (Å²) in [4.78, 5) is 23.6. The standard InChI is InChI=1S/C21H38N2O10/c1-9(2)18-14(22-10(3)25)17(28)19(12(7-24)31-18)33-21-15(23-11(4)26)20(30-6)16(27)13(32-21)8-29-5/h9,12-21,24,27-28H,7-8H2,1-6H3,(H,22,25)(H,23,26)/t12?,13?,14?,15?,16-,17+,18-,19+,20+,21-/m0/s1. The highest BCUT2D eigenvalue weighted by Crippen LogP contribution is 2.32. The van der Waals surface area contributed by atoms with E-state index in [1.807, 2.05) is 13.8 Å². The van der Waals surface area contributed by atoms with Gasteiger partial charge in [-0.05, 0) is 5.92 Å². The maximum atomic E-state index is 11.9. The van der Waals surface area contributed by atoms with Crippen LogP contribution in [0.1, 0.15) is 27.7 Å². The van der Waals surface area contributed by atoms with Gasteiger partial charge in [0.2, 0.25) is 11.8 Å². The van der Waals surface area contributed by atoms with Gasteiger partial charge in [0.1, 0.15) is 42.7 Å². The van der Waals surface area contributed by atoms with E-state index in [1.165, 1.54) is 28.1 Å². The molecule has 192 valence electrons. The number of carbonyl (C=O) groups is 2. The maximum Gasteiger partial charge on any atom is 0.217 e. The third-order valence-corrected chi connectivity index (χ3v) is 5.90. The first kappa shape index (κ1) is 27.9. The zero-order chi connectivity index (χ0) is 24.9. The lowest BCUT2D eigenvalue weighted by Crippen LogP contribution is -2.69. The first-order valence-electron chi connectivity index (χ1n) is 11.0. The summed E-state index contributed by atoms with van der Waals surface area (Å²) in [5.74, 6) is -0.849. The van der Waals surface area contributed by atoms with E-state index in [1.54, 1.807) is 0 Å². The van der Waals surface area contributed by atoms with Gasteiger partial charge in [-0.3, -0.25) is 9.59 Å². The van der Waals surface area contributed by atoms with Crippen molar-refractivity contribution in [3.05, 3.63) is 0 Å². The molecule has 0 radical (unpaired) electrons. The Bertz CT molecular complexity index is 651. The Hall–Kier alpha value is -1.38. The molecular weight excluding hydrogens is 440 g/mol. The molecule has 0 bridgehead atoms. The fourth-order valence-electron chi connectivity index (χ4n) is 4.43. The average Bonchev–Trinajstić information content (AvgIpc) is 2.73. The molecule has 5 N–H and O–H groups in total. The van der Waals surface area contributed by atoms with Gasteiger partial charge >= 0.3 is 0 Å². The number of rotatable bonds is 9. The molecule has 12 heteroatoms. The second-order valence-electron chi connectivity index (χ2n) is 8.80. The SMILES string of the molecule is COCC1O[C@@H](O[C@@H]2C(CO)O[C@@H](C(C)C)C(NC(C)=O)[C@H]2O)C(NC(C)=O)[C@@H](OC)[C@H]1O. The van der Waals surface area contributed by atoms with Crippen LogP contribution < -0.4 is 10.6 Å². The number of carbonyl (C=O) groups excluding carboxylic acids is 2. The molecule has 12 nitrogen and oxygen atoms in total. The van der Waals surface area contributed by atoms with Crippen molar-refractivity contribution < 1.29 is 48.6 Å². The van der Waals surface area contributed by atoms with Crippen LogP contribution in [0.25, 0.3) is 0 Å². The minimum atomic E-state index is -1.26. The highest BCUT2D eigenvalue weighted by molar-refractivity contribution is 5.73. The summed E-state index contributed by atoms with van der Waals surface area (Å²) >= 11 is 0. The fraction of sp³-hybridized carbons (Fsp3) is 0.905. The van der Waals surface area contributed by atoms with Crippen molar-refractivity contribution in [2.75, 3.05) is 27.4 Å². The van der Waals surface area contributed by atoms with Crippen LogP contribution in [0.4, 0.5) is 0 Å². The summed E-state index contributed by atoms with van der Waals surface area (Å²) < 4.78 is 28.5. The van der Waals surface area contributed by atoms with Gasteiger partial charge < -0.3 is 49.6 Å². The zero-order valence-corrected chi connectivity index (χ0v) is 20.0. The molecule has 2 aliphatic heterocycles. The number of amides is 2. The van der Waals surface area contributed by atoms with E-state index in [4.69, 9.17) is 23.7 Å². The lowest BCUT2D eigenvalue weighted by Gasteiger charge is -2.49. The normalized spacial score (nSPS) is 39.3. The van der Waals surface area contributed by atoms with Crippen LogP contribution in [-0.2, 0) is 33.3 Å². The third-order valence-electron chi connectivity index (χ3n) is 5.90. The molecule has 0 aromatic carbocycles. The van der Waals surface area contributed by atoms with Crippen LogP contribution in [0, 0.1) is 5.92 Å². The van der Waals surface area contributed by atoms with Gasteiger partial charge in [0, 0.05) is 28.1 Å². The second kappa shape index (κ2) is 12.4. The summed E-state index contributed by atoms with van der Waals surface area (Å²) in [5.41, 5.74) is 0. The van der Waals surface area contributed by atoms with Crippen LogP contribution in [0.2, 0.25) is 0 Å². The van der Waals surface area contributed by atoms with Gasteiger partial charge in [-0.15, -0.1) is 0 Å². The number of ether oxygens (including phenoxy) is 5. The van der Waals surface area contributed by atoms with E-state index in [9.17, 15) is 24.9 Å². The minimum Gasteiger partial charge on any atom is -0.394 e. The highest BCUT2D eigenvalue weighted by atomic mass is 16.7. The van der Waals surface area contributed by atoms with E-state index in [0.717, 1.165) is 0 Å². The van der Waals surface area contributed by atoms with Crippen LogP contribution in [0.15, 0.2) is 0 Å². The quantitative estimate of drug-likeness (QED) is 0.248. The molecular formula is C21H38N2O10. The van der Waals surface area contributed by atoms with Crippen molar-refractivity contribution in [2.24, 2.45) is 5.92 Å². The Balaban J connectivity index is 2.36. The van der Waals surface area contributed by atoms with Gasteiger partial charge in [0.05, 0.1) is 25.4 Å². The van der Waals surface area contributed by atoms with Gasteiger partial charge in [0.15, 0.2) is 6.29 Å². The third kappa shape index (κ3) is 6.61. The molecule has 2 heterocycles. The molecule has 2 amide bonds. The minimum absolute atomic E-state index is 0.0186. The van der Waals surface area contributed by atoms with Crippen LogP contribution in [0.3, 0.4) is 0 Å². The van der Waals surface area contributed by atoms with E-state index >= 15 is 0 Å². The largest absolute Gasteiger partial charge is 0.394 e. The van der Waals surface area contributed by atoms with Gasteiger partial charge in [-0.25, -0.2) is 0 Å². The average molecular weight is 479 g/mol. The van der Waals surface area contributed by atoms with Crippen LogP contribution >= 0.6 is 0 Å². The molecule has 2 rings (SSSR count). The topological polar surface area (TPSA) is 165 Å². The smallest absolute Gasteiger partial charge is 0.217 e. The fourth-order valence-corrected chi connectivity index (χ4v) is 4.43. The van der Waals surface area contributed by atoms with Crippen molar-refractivity contribution in [1.82, 2.24) is 10.6 Å². The lowest BCUT2D eigenvalue weighted by molar-refractivity contribution is -0.318. The number of nitrogens with one attached hydrogen (secondary N) is 2. The predicted octanol–water partition coefficient (Wildman–Crippen LogP) is -2.10. The Morgan fingerprint density at radius 2 is 1.55 bits per heavy atom. The first-order chi connectivity index (χ1) is 15.5. The molecule has 0 aromatic rings. The molecule has 2 fully saturated rings. The number of methoxy groups -OCH3 is 2. The Kier molecular flexibility index (Phi) is 10.4. The molecule has 0 aromatic heterocycles. The van der Waals surface area contributed by atoms with Gasteiger partial charge in [-0.1, -0.05) is 13.8 Å². The summed E-state index contributed by atoms with van der Waals surface area (Å²) in [6, 6.07) is -1.75. The molecule has 2 saturated heterocycles. The van der Waals surface area contributed by atoms with Gasteiger partial charge in [-0.2, -0.15) is 0 Å². The van der Waals surface area contributed by atoms with E-state index in [-0.39, 0.29) is 18.4 Å². The summed E-state index contributed by atoms with van der Waals surface area (Å²) in [6.45, 7) is 5.93. The Labute approximate surface area is 193 Å². The van der Waals surface area contributed by atoms with Crippen LogP contribution in [-0.4, -0.2) is 116 Å². The second-order valence-corrected chi connectivity index (χ2v) is 8.80. The monoisotopic (exact) mass is 478 g/mol. The highest BCUT2D eigenvalue weighted by Gasteiger charge is 2.52. The molecule has 10 atom stereocenters. The van der Waals surface area contributed by atoms with Gasteiger partial charge in [0.25, 0.3) is 0 Å². The van der Waals surface area contributed by atoms with E-state index < -0.39 is 73.6 Å². The van der Waals surface area contributed by atoms with Crippen molar-refractivity contribution in [2.45, 2.75) is 88.8 Å². The lowest BCUT2D eigenvalue weighted by atomic mass is 9.87. The van der Waals surface area contributed by atoms with Crippen molar-refractivity contribution >= 4 is 11.8 Å². The molecule has 0 spiro atoms. The van der Waals surface area contributed by atoms with Crippen molar-refractivity contribution in [3.63, 3.8) is 0 Å². The summed E-state index contributed by atoms with van der Waals surface area (Å²) in [5, 5.41) is 37.2. The van der Waals surface area contributed by atoms with E-state index in [2.05, 4.69) is 10.6 Å². The number of aliphatic hydroxyl groups is 3. The molecule has 33 heavy (non-hydrogen) atoms. The molecule has 0 aliphatic carbocycles. The first-order valence-corrected chi connectivity index (χ1v) is 11.0. The maximum absolute atomic E-state index is 11.9. The molecule has 4 unspecified atom stereocenters. The Morgan fingerprint density at radius 3 is 2.03 bits per heavy atom. The number of hydrogen-bond acceptors (Lipinski definition) is 10. The zero-order valence-electron chi connectivity index (χ0n) is 20.0. The molecule has 2 aliphatic rings. The summed E-state index contributed by atoms with van der Waals surface area (Å²) in [7, 11) is 2.82. The summed E-state index contributed by atoms with van der Waals surface area (Å²) in [6.07, 6.45) is -7.97. The number of hydrogen-bond donors (Lipinski definition) is 5. The van der Waals surface area contributed by atoms with Crippen LogP contribution in [0.5, 0.6) is 0 Å². The Morgan fingerprint density at radius 1 is 0.939 bits per heavy atom.